The lowest BCUT2D eigenvalue weighted by molar-refractivity contribution is 0.0577. The highest BCUT2D eigenvalue weighted by Crippen LogP contribution is 2.38. The molecule has 1 aromatic heterocycles. The molecular formula is C18H26N2S. The van der Waals surface area contributed by atoms with Gasteiger partial charge in [0.05, 0.1) is 0 Å². The van der Waals surface area contributed by atoms with E-state index in [0.717, 1.165) is 6.54 Å². The van der Waals surface area contributed by atoms with Gasteiger partial charge in [0, 0.05) is 27.7 Å². The average molecular weight is 302 g/mol. The summed E-state index contributed by atoms with van der Waals surface area (Å²) < 4.78 is 1.41. The molecule has 0 aliphatic heterocycles. The highest BCUT2D eigenvalue weighted by Gasteiger charge is 2.38. The lowest BCUT2D eigenvalue weighted by atomic mass is 9.75. The molecule has 0 saturated heterocycles. The number of fused-ring (bicyclic) bond motifs is 1. The van der Waals surface area contributed by atoms with E-state index < -0.39 is 0 Å². The normalized spacial score (nSPS) is 18.9. The summed E-state index contributed by atoms with van der Waals surface area (Å²) in [6.45, 7) is 5.66. The van der Waals surface area contributed by atoms with E-state index in [1.165, 1.54) is 39.8 Å². The third-order valence-electron chi connectivity index (χ3n) is 5.24. The van der Waals surface area contributed by atoms with Crippen molar-refractivity contribution in [2.75, 3.05) is 20.6 Å². The molecule has 2 nitrogen and oxygen atoms in total. The van der Waals surface area contributed by atoms with Crippen LogP contribution in [-0.4, -0.2) is 31.1 Å². The van der Waals surface area contributed by atoms with Crippen molar-refractivity contribution in [1.82, 2.24) is 10.2 Å². The van der Waals surface area contributed by atoms with Crippen LogP contribution in [0.1, 0.15) is 42.7 Å². The first-order valence-corrected chi connectivity index (χ1v) is 8.74. The quantitative estimate of drug-likeness (QED) is 0.883. The van der Waals surface area contributed by atoms with Crippen molar-refractivity contribution in [1.29, 1.82) is 0 Å². The largest absolute Gasteiger partial charge is 0.308 e. The minimum Gasteiger partial charge on any atom is -0.308 e. The first kappa shape index (κ1) is 15.0. The van der Waals surface area contributed by atoms with Gasteiger partial charge in [0.2, 0.25) is 0 Å². The Morgan fingerprint density at radius 3 is 2.57 bits per heavy atom. The molecule has 0 bridgehead atoms. The number of aryl methyl sites for hydroxylation is 1. The zero-order valence-corrected chi connectivity index (χ0v) is 14.4. The number of likely N-dealkylation sites (N-methyl/N-ethyl adjacent to an activating group) is 1. The Bertz CT molecular complexity index is 625. The molecule has 1 aromatic carbocycles. The molecular weight excluding hydrogens is 276 g/mol. The van der Waals surface area contributed by atoms with Gasteiger partial charge in [-0.1, -0.05) is 18.2 Å². The Balaban J connectivity index is 1.75. The summed E-state index contributed by atoms with van der Waals surface area (Å²) in [6, 6.07) is 9.18. The van der Waals surface area contributed by atoms with Gasteiger partial charge in [0.15, 0.2) is 0 Å². The zero-order chi connectivity index (χ0) is 15.0. The third kappa shape index (κ3) is 2.63. The van der Waals surface area contributed by atoms with Crippen LogP contribution in [0, 0.1) is 6.92 Å². The third-order valence-corrected chi connectivity index (χ3v) is 6.70. The van der Waals surface area contributed by atoms with E-state index in [0.29, 0.717) is 11.6 Å². The van der Waals surface area contributed by atoms with E-state index in [2.05, 4.69) is 62.4 Å². The van der Waals surface area contributed by atoms with Gasteiger partial charge in [0.25, 0.3) is 0 Å². The molecule has 0 amide bonds. The first-order chi connectivity index (χ1) is 10.0. The summed E-state index contributed by atoms with van der Waals surface area (Å²) in [4.78, 5) is 3.90. The van der Waals surface area contributed by atoms with Gasteiger partial charge in [-0.3, -0.25) is 0 Å². The maximum atomic E-state index is 3.79. The Hall–Kier alpha value is -0.900. The second kappa shape index (κ2) is 5.71. The lowest BCUT2D eigenvalue weighted by Crippen LogP contribution is -2.56. The second-order valence-corrected chi connectivity index (χ2v) is 7.75. The summed E-state index contributed by atoms with van der Waals surface area (Å²) in [5.74, 6) is 0. The van der Waals surface area contributed by atoms with Crippen molar-refractivity contribution in [3.05, 3.63) is 34.7 Å². The van der Waals surface area contributed by atoms with Crippen LogP contribution in [0.3, 0.4) is 0 Å². The molecule has 114 valence electrons. The van der Waals surface area contributed by atoms with E-state index >= 15 is 0 Å². The summed E-state index contributed by atoms with van der Waals surface area (Å²) >= 11 is 1.94. The first-order valence-electron chi connectivity index (χ1n) is 7.92. The standard InChI is InChI=1S/C18H26N2S/c1-13-15-8-5-6-9-16(15)21-17(13)14(2)19-12-18(20(3)4)10-7-11-18/h5-6,8-9,14,19H,7,10-12H2,1-4H3. The maximum Gasteiger partial charge on any atom is 0.0389 e. The van der Waals surface area contributed by atoms with E-state index in [-0.39, 0.29) is 0 Å². The monoisotopic (exact) mass is 302 g/mol. The Kier molecular flexibility index (Phi) is 4.08. The number of nitrogens with one attached hydrogen (secondary N) is 1. The molecule has 1 aliphatic carbocycles. The van der Waals surface area contributed by atoms with Crippen LogP contribution < -0.4 is 5.32 Å². The highest BCUT2D eigenvalue weighted by molar-refractivity contribution is 7.19. The average Bonchev–Trinajstić information content (AvgIpc) is 2.75. The van der Waals surface area contributed by atoms with Crippen molar-refractivity contribution >= 4 is 21.4 Å². The molecule has 1 heterocycles. The van der Waals surface area contributed by atoms with Gasteiger partial charge in [-0.15, -0.1) is 11.3 Å². The van der Waals surface area contributed by atoms with Gasteiger partial charge < -0.3 is 10.2 Å². The van der Waals surface area contributed by atoms with Crippen molar-refractivity contribution in [3.8, 4) is 0 Å². The molecule has 1 atom stereocenters. The lowest BCUT2D eigenvalue weighted by Gasteiger charge is -2.48. The van der Waals surface area contributed by atoms with Crippen LogP contribution in [0.5, 0.6) is 0 Å². The molecule has 1 saturated carbocycles. The number of nitrogens with zero attached hydrogens (tertiary/aromatic N) is 1. The SMILES string of the molecule is Cc1c(C(C)NCC2(N(C)C)CCC2)sc2ccccc12. The van der Waals surface area contributed by atoms with Crippen LogP contribution in [0.4, 0.5) is 0 Å². The molecule has 1 unspecified atom stereocenters. The number of rotatable bonds is 5. The molecule has 3 heteroatoms. The fraction of sp³-hybridized carbons (Fsp3) is 0.556. The van der Waals surface area contributed by atoms with Gasteiger partial charge in [0.1, 0.15) is 0 Å². The van der Waals surface area contributed by atoms with Crippen molar-refractivity contribution in [2.45, 2.75) is 44.7 Å². The smallest absolute Gasteiger partial charge is 0.0389 e. The van der Waals surface area contributed by atoms with Gasteiger partial charge in [-0.2, -0.15) is 0 Å². The minimum absolute atomic E-state index is 0.388. The predicted octanol–water partition coefficient (Wildman–Crippen LogP) is 4.34. The Morgan fingerprint density at radius 2 is 2.00 bits per heavy atom. The van der Waals surface area contributed by atoms with Gasteiger partial charge in [-0.05, 0) is 64.2 Å². The Labute approximate surface area is 132 Å². The molecule has 1 fully saturated rings. The van der Waals surface area contributed by atoms with Crippen LogP contribution in [0.2, 0.25) is 0 Å². The molecule has 1 aliphatic rings. The van der Waals surface area contributed by atoms with Crippen LogP contribution >= 0.6 is 11.3 Å². The van der Waals surface area contributed by atoms with E-state index in [1.54, 1.807) is 0 Å². The number of hydrogen-bond donors (Lipinski definition) is 1. The van der Waals surface area contributed by atoms with E-state index in [4.69, 9.17) is 0 Å². The fourth-order valence-electron chi connectivity index (χ4n) is 3.41. The predicted molar refractivity (Wildman–Crippen MR) is 93.2 cm³/mol. The van der Waals surface area contributed by atoms with Crippen LogP contribution in [-0.2, 0) is 0 Å². The van der Waals surface area contributed by atoms with Gasteiger partial charge >= 0.3 is 0 Å². The molecule has 0 spiro atoms. The molecule has 3 rings (SSSR count). The van der Waals surface area contributed by atoms with Gasteiger partial charge in [-0.25, -0.2) is 0 Å². The molecule has 1 N–H and O–H groups in total. The van der Waals surface area contributed by atoms with Crippen LogP contribution in [0.15, 0.2) is 24.3 Å². The van der Waals surface area contributed by atoms with Crippen molar-refractivity contribution < 1.29 is 0 Å². The maximum absolute atomic E-state index is 3.79. The summed E-state index contributed by atoms with van der Waals surface area (Å²) in [5, 5.41) is 5.21. The number of hydrogen-bond acceptors (Lipinski definition) is 3. The number of thiophene rings is 1. The van der Waals surface area contributed by atoms with Crippen molar-refractivity contribution in [3.63, 3.8) is 0 Å². The molecule has 0 radical (unpaired) electrons. The topological polar surface area (TPSA) is 15.3 Å². The number of benzene rings is 1. The summed E-state index contributed by atoms with van der Waals surface area (Å²) in [6.07, 6.45) is 4.02. The molecule has 2 aromatic rings. The van der Waals surface area contributed by atoms with E-state index in [1.807, 2.05) is 11.3 Å². The molecule has 21 heavy (non-hydrogen) atoms. The second-order valence-electron chi connectivity index (χ2n) is 6.66. The summed E-state index contributed by atoms with van der Waals surface area (Å²) in [7, 11) is 4.44. The minimum atomic E-state index is 0.388. The highest BCUT2D eigenvalue weighted by atomic mass is 32.1. The van der Waals surface area contributed by atoms with Crippen LogP contribution in [0.25, 0.3) is 10.1 Å². The van der Waals surface area contributed by atoms with E-state index in [9.17, 15) is 0 Å². The Morgan fingerprint density at radius 1 is 1.29 bits per heavy atom. The fourth-order valence-corrected chi connectivity index (χ4v) is 4.65. The summed E-state index contributed by atoms with van der Waals surface area (Å²) in [5.41, 5.74) is 1.84. The van der Waals surface area contributed by atoms with Crippen molar-refractivity contribution in [2.24, 2.45) is 0 Å². The zero-order valence-electron chi connectivity index (χ0n) is 13.6.